The molecule has 0 spiro atoms. The number of esters is 2. The Kier molecular flexibility index (Phi) is 32.1. The molecule has 0 aliphatic rings. The topological polar surface area (TPSA) is 133 Å². The van der Waals surface area contributed by atoms with Crippen LogP contribution in [0.5, 0.6) is 0 Å². The van der Waals surface area contributed by atoms with Gasteiger partial charge in [-0.05, 0) is 12.2 Å². The zero-order chi connectivity index (χ0) is 20.8. The van der Waals surface area contributed by atoms with Crippen molar-refractivity contribution in [2.24, 2.45) is 0 Å². The second-order valence-corrected chi connectivity index (χ2v) is 4.35. The Hall–Kier alpha value is -1.84. The number of hydrogen-bond acceptors (Lipinski definition) is 8. The minimum atomic E-state index is -1.55. The molecule has 0 rings (SSSR count). The van der Waals surface area contributed by atoms with Gasteiger partial charge in [0.2, 0.25) is 0 Å². The Balaban J connectivity index is -0.000000247. The molecule has 0 aromatic rings. The number of carbonyl (C=O) groups excluding carboxylic acids is 4. The molecule has 0 saturated carbocycles. The summed E-state index contributed by atoms with van der Waals surface area (Å²) in [5.41, 5.74) is 0. The first kappa shape index (κ1) is 32.8. The fourth-order valence-electron chi connectivity index (χ4n) is 0.653. The van der Waals surface area contributed by atoms with Gasteiger partial charge in [-0.3, -0.25) is 0 Å². The third-order valence-electron chi connectivity index (χ3n) is 1.99. The number of hydrogen-bond donors (Lipinski definition) is 0. The number of aliphatic carboxylic acids is 2. The van der Waals surface area contributed by atoms with E-state index in [1.165, 1.54) is 12.8 Å². The van der Waals surface area contributed by atoms with Crippen molar-refractivity contribution in [1.82, 2.24) is 0 Å². The van der Waals surface area contributed by atoms with Gasteiger partial charge in [0.1, 0.15) is 13.2 Å². The van der Waals surface area contributed by atoms with Crippen LogP contribution in [-0.4, -0.2) is 61.0 Å². The number of carbonyl (C=O) groups is 4. The first-order chi connectivity index (χ1) is 12.2. The average molecular weight is 489 g/mol. The Morgan fingerprint density at radius 2 is 1.00 bits per heavy atom. The predicted molar refractivity (Wildman–Crippen MR) is 96.5 cm³/mol. The quantitative estimate of drug-likeness (QED) is 0.184. The van der Waals surface area contributed by atoms with Gasteiger partial charge in [0.15, 0.2) is 0 Å². The molecule has 0 N–H and O–H groups in total. The second-order valence-electron chi connectivity index (χ2n) is 4.35. The van der Waals surface area contributed by atoms with E-state index in [1.54, 1.807) is 0 Å². The van der Waals surface area contributed by atoms with Crippen LogP contribution in [0.15, 0.2) is 24.3 Å². The van der Waals surface area contributed by atoms with Crippen LogP contribution in [-0.2, 0) is 28.7 Å². The molecule has 150 valence electrons. The van der Waals surface area contributed by atoms with Gasteiger partial charge in [0.05, 0.1) is 11.9 Å². The zero-order valence-corrected chi connectivity index (χ0v) is 18.6. The first-order valence-corrected chi connectivity index (χ1v) is 7.95. The molecule has 0 aromatic heterocycles. The van der Waals surface area contributed by atoms with Crippen molar-refractivity contribution in [2.75, 3.05) is 13.2 Å². The molecule has 8 nitrogen and oxygen atoms in total. The van der Waals surface area contributed by atoms with E-state index in [-0.39, 0.29) is 37.1 Å². The summed E-state index contributed by atoms with van der Waals surface area (Å²) in [7, 11) is 0. The summed E-state index contributed by atoms with van der Waals surface area (Å²) in [6.07, 6.45) is 6.79. The van der Waals surface area contributed by atoms with Gasteiger partial charge < -0.3 is 29.3 Å². The van der Waals surface area contributed by atoms with E-state index < -0.39 is 23.9 Å². The maximum absolute atomic E-state index is 10.8. The molecule has 0 atom stereocenters. The van der Waals surface area contributed by atoms with Crippen molar-refractivity contribution in [3.8, 4) is 0 Å². The van der Waals surface area contributed by atoms with Crippen LogP contribution in [0.3, 0.4) is 0 Å². The van der Waals surface area contributed by atoms with Gasteiger partial charge in [-0.1, -0.05) is 53.4 Å². The van der Waals surface area contributed by atoms with Gasteiger partial charge in [0, 0.05) is 12.2 Å². The van der Waals surface area contributed by atoms with Gasteiger partial charge in [-0.2, -0.15) is 0 Å². The normalized spacial score (nSPS) is 9.19. The monoisotopic (exact) mass is 490 g/mol. The summed E-state index contributed by atoms with van der Waals surface area (Å²) in [4.78, 5) is 41.4. The van der Waals surface area contributed by atoms with Gasteiger partial charge in [0.25, 0.3) is 0 Å². The molecule has 0 fully saturated rings. The maximum Gasteiger partial charge on any atom is 2.00 e. The molecule has 0 amide bonds. The minimum absolute atomic E-state index is 0. The molecule has 4 radical (unpaired) electrons. The molecule has 0 aromatic carbocycles. The van der Waals surface area contributed by atoms with E-state index in [0.29, 0.717) is 24.3 Å². The Morgan fingerprint density at radius 3 is 1.19 bits per heavy atom. The van der Waals surface area contributed by atoms with Crippen LogP contribution in [0.4, 0.5) is 0 Å². The number of rotatable bonds is 9. The summed E-state index contributed by atoms with van der Waals surface area (Å²) in [5, 5.41) is 19.8. The summed E-state index contributed by atoms with van der Waals surface area (Å²) in [5.74, 6) is -4.99. The van der Waals surface area contributed by atoms with E-state index in [4.69, 9.17) is 0 Å². The van der Waals surface area contributed by atoms with Gasteiger partial charge >= 0.3 is 35.8 Å². The molecule has 0 heterocycles. The van der Waals surface area contributed by atoms with Crippen molar-refractivity contribution in [1.29, 1.82) is 0 Å². The second kappa shape index (κ2) is 26.4. The van der Waals surface area contributed by atoms with E-state index in [2.05, 4.69) is 37.2 Å². The minimum Gasteiger partial charge on any atom is -0.545 e. The Labute approximate surface area is 177 Å². The number of carboxylic acids is 2. The number of carboxylic acid groups (broad SMARTS) is 2. The van der Waals surface area contributed by atoms with Crippen molar-refractivity contribution in [3.05, 3.63) is 38.2 Å². The Bertz CT molecular complexity index is 412. The Morgan fingerprint density at radius 1 is 0.741 bits per heavy atom. The van der Waals surface area contributed by atoms with Crippen molar-refractivity contribution < 1.29 is 38.9 Å². The van der Waals surface area contributed by atoms with Gasteiger partial charge in [-0.25, -0.2) is 9.59 Å². The van der Waals surface area contributed by atoms with Crippen LogP contribution in [0, 0.1) is 13.8 Å². The molecule has 0 aliphatic carbocycles. The first-order valence-electron chi connectivity index (χ1n) is 7.95. The molecule has 27 heavy (non-hydrogen) atoms. The molecule has 0 bridgehead atoms. The average Bonchev–Trinajstić information content (AvgIpc) is 2.62. The SMILES string of the molecule is O=C([O-])/C=C\C(=O)OCCOC(=O)/C=C/C(=O)[O-].[CH2]CCC.[CH2]CCC.[Sn+2]. The van der Waals surface area contributed by atoms with E-state index in [9.17, 15) is 29.4 Å². The zero-order valence-electron chi connectivity index (χ0n) is 15.7. The number of ether oxygens (including phenoxy) is 2. The van der Waals surface area contributed by atoms with Crippen molar-refractivity contribution in [2.45, 2.75) is 39.5 Å². The van der Waals surface area contributed by atoms with E-state index in [0.717, 1.165) is 12.8 Å². The fourth-order valence-corrected chi connectivity index (χ4v) is 0.653. The summed E-state index contributed by atoms with van der Waals surface area (Å²) < 4.78 is 8.84. The largest absolute Gasteiger partial charge is 2.00 e. The molecule has 9 heteroatoms. The van der Waals surface area contributed by atoms with Crippen LogP contribution in [0.1, 0.15) is 39.5 Å². The maximum atomic E-state index is 10.8. The molecule has 0 unspecified atom stereocenters. The third-order valence-corrected chi connectivity index (χ3v) is 1.99. The van der Waals surface area contributed by atoms with Gasteiger partial charge in [-0.15, -0.1) is 0 Å². The smallest absolute Gasteiger partial charge is 0.545 e. The molecule has 0 saturated heterocycles. The number of unbranched alkanes of at least 4 members (excludes halogenated alkanes) is 2. The summed E-state index contributed by atoms with van der Waals surface area (Å²) >= 11 is 0. The van der Waals surface area contributed by atoms with E-state index >= 15 is 0 Å². The van der Waals surface area contributed by atoms with E-state index in [1.807, 2.05) is 0 Å². The molecule has 0 aliphatic heterocycles. The third kappa shape index (κ3) is 40.3. The summed E-state index contributed by atoms with van der Waals surface area (Å²) in [6.45, 7) is 10.8. The molecular weight excluding hydrogens is 463 g/mol. The fraction of sp³-hybridized carbons (Fsp3) is 0.444. The van der Waals surface area contributed by atoms with Crippen LogP contribution in [0.25, 0.3) is 0 Å². The van der Waals surface area contributed by atoms with Crippen molar-refractivity contribution in [3.63, 3.8) is 0 Å². The van der Waals surface area contributed by atoms with Crippen LogP contribution >= 0.6 is 0 Å². The standard InChI is InChI=1S/C10H10O8.2C4H9.Sn/c11-7(12)1-3-9(15)17-5-6-18-10(16)4-2-8(13)14;2*1-3-4-2;/h1-4H,5-6H2,(H,11,12)(H,13,14);2*1,3-4H2,2H3;/q;;;+2/p-2/b3-1-,4-2+;;;. The van der Waals surface area contributed by atoms with Crippen molar-refractivity contribution >= 4 is 47.8 Å². The molecular formula is C18H26O8Sn. The van der Waals surface area contributed by atoms with Crippen LogP contribution in [0.2, 0.25) is 0 Å². The predicted octanol–water partition coefficient (Wildman–Crippen LogP) is -0.455. The summed E-state index contributed by atoms with van der Waals surface area (Å²) in [6, 6.07) is 0. The van der Waals surface area contributed by atoms with Crippen LogP contribution < -0.4 is 10.2 Å².